The van der Waals surface area contributed by atoms with Gasteiger partial charge in [0.1, 0.15) is 24.0 Å². The zero-order valence-corrected chi connectivity index (χ0v) is 11.6. The summed E-state index contributed by atoms with van der Waals surface area (Å²) >= 11 is 0. The zero-order chi connectivity index (χ0) is 13.8. The van der Waals surface area contributed by atoms with Gasteiger partial charge in [0, 0.05) is 12.1 Å². The van der Waals surface area contributed by atoms with Crippen molar-refractivity contribution >= 4 is 5.69 Å². The molecule has 0 saturated carbocycles. The van der Waals surface area contributed by atoms with Crippen molar-refractivity contribution in [2.75, 3.05) is 18.9 Å². The summed E-state index contributed by atoms with van der Waals surface area (Å²) in [6, 6.07) is 8.43. The van der Waals surface area contributed by atoms with Crippen LogP contribution in [0.5, 0.6) is 5.75 Å². The lowest BCUT2D eigenvalue weighted by molar-refractivity contribution is 0.144. The van der Waals surface area contributed by atoms with Crippen molar-refractivity contribution in [1.82, 2.24) is 4.90 Å². The first kappa shape index (κ1) is 13.7. The summed E-state index contributed by atoms with van der Waals surface area (Å²) in [5.41, 5.74) is 6.70. The van der Waals surface area contributed by atoms with Crippen LogP contribution in [-0.4, -0.2) is 30.1 Å². The first-order valence-electron chi connectivity index (χ1n) is 6.80. The number of hydrogen-bond acceptors (Lipinski definition) is 4. The predicted octanol–water partition coefficient (Wildman–Crippen LogP) is 2.39. The van der Waals surface area contributed by atoms with E-state index in [2.05, 4.69) is 24.8 Å². The summed E-state index contributed by atoms with van der Waals surface area (Å²) in [5, 5.41) is 9.11. The molecule has 0 bridgehead atoms. The Morgan fingerprint density at radius 1 is 1.53 bits per heavy atom. The molecule has 1 atom stereocenters. The SMILES string of the molecule is CC(C)N1CCC[C@@H]1COc1cccc(N)c1C#N. The Hall–Kier alpha value is -1.73. The van der Waals surface area contributed by atoms with Crippen molar-refractivity contribution in [2.45, 2.75) is 38.8 Å². The maximum atomic E-state index is 9.11. The molecule has 1 aromatic carbocycles. The van der Waals surface area contributed by atoms with Gasteiger partial charge in [-0.2, -0.15) is 5.26 Å². The highest BCUT2D eigenvalue weighted by molar-refractivity contribution is 5.60. The Labute approximate surface area is 114 Å². The number of rotatable bonds is 4. The third kappa shape index (κ3) is 2.99. The molecule has 0 aromatic heterocycles. The Bertz CT molecular complexity index is 479. The molecule has 0 radical (unpaired) electrons. The number of nitrogens with zero attached hydrogens (tertiary/aromatic N) is 2. The molecular formula is C15H21N3O. The van der Waals surface area contributed by atoms with E-state index in [-0.39, 0.29) is 0 Å². The van der Waals surface area contributed by atoms with Gasteiger partial charge in [0.2, 0.25) is 0 Å². The van der Waals surface area contributed by atoms with E-state index in [0.717, 1.165) is 13.0 Å². The van der Waals surface area contributed by atoms with Crippen LogP contribution in [0.3, 0.4) is 0 Å². The number of ether oxygens (including phenoxy) is 1. The minimum Gasteiger partial charge on any atom is -0.490 e. The van der Waals surface area contributed by atoms with E-state index in [1.54, 1.807) is 6.07 Å². The predicted molar refractivity (Wildman–Crippen MR) is 75.9 cm³/mol. The van der Waals surface area contributed by atoms with Crippen LogP contribution in [0.15, 0.2) is 18.2 Å². The number of benzene rings is 1. The van der Waals surface area contributed by atoms with Gasteiger partial charge in [0.15, 0.2) is 0 Å². The maximum Gasteiger partial charge on any atom is 0.139 e. The average Bonchev–Trinajstić information content (AvgIpc) is 2.84. The van der Waals surface area contributed by atoms with E-state index in [9.17, 15) is 0 Å². The zero-order valence-electron chi connectivity index (χ0n) is 11.6. The molecule has 1 aromatic rings. The monoisotopic (exact) mass is 259 g/mol. The summed E-state index contributed by atoms with van der Waals surface area (Å²) < 4.78 is 5.83. The fourth-order valence-corrected chi connectivity index (χ4v) is 2.69. The number of nitriles is 1. The van der Waals surface area contributed by atoms with Crippen LogP contribution in [-0.2, 0) is 0 Å². The summed E-state index contributed by atoms with van der Waals surface area (Å²) in [6.45, 7) is 6.17. The number of anilines is 1. The van der Waals surface area contributed by atoms with E-state index in [1.165, 1.54) is 6.42 Å². The Morgan fingerprint density at radius 2 is 2.32 bits per heavy atom. The van der Waals surface area contributed by atoms with Crippen LogP contribution in [0.1, 0.15) is 32.3 Å². The molecule has 2 rings (SSSR count). The summed E-state index contributed by atoms with van der Waals surface area (Å²) in [6.07, 6.45) is 2.37. The van der Waals surface area contributed by atoms with Crippen LogP contribution in [0.2, 0.25) is 0 Å². The smallest absolute Gasteiger partial charge is 0.139 e. The number of hydrogen-bond donors (Lipinski definition) is 1. The van der Waals surface area contributed by atoms with Gasteiger partial charge in [-0.1, -0.05) is 6.07 Å². The highest BCUT2D eigenvalue weighted by Crippen LogP contribution is 2.25. The molecule has 2 N–H and O–H groups in total. The van der Waals surface area contributed by atoms with Crippen LogP contribution in [0.4, 0.5) is 5.69 Å². The minimum atomic E-state index is 0.438. The lowest BCUT2D eigenvalue weighted by atomic mass is 10.1. The van der Waals surface area contributed by atoms with Crippen molar-refractivity contribution in [3.63, 3.8) is 0 Å². The average molecular weight is 259 g/mol. The molecule has 0 aliphatic carbocycles. The van der Waals surface area contributed by atoms with Gasteiger partial charge in [-0.25, -0.2) is 0 Å². The Balaban J connectivity index is 2.03. The van der Waals surface area contributed by atoms with Crippen LogP contribution in [0.25, 0.3) is 0 Å². The molecule has 4 nitrogen and oxygen atoms in total. The molecule has 0 spiro atoms. The fraction of sp³-hybridized carbons (Fsp3) is 0.533. The Morgan fingerprint density at radius 3 is 3.00 bits per heavy atom. The van der Waals surface area contributed by atoms with Crippen molar-refractivity contribution in [3.8, 4) is 11.8 Å². The molecule has 1 aliphatic heterocycles. The van der Waals surface area contributed by atoms with Crippen molar-refractivity contribution in [3.05, 3.63) is 23.8 Å². The largest absolute Gasteiger partial charge is 0.490 e. The quantitative estimate of drug-likeness (QED) is 0.843. The van der Waals surface area contributed by atoms with Crippen LogP contribution < -0.4 is 10.5 Å². The summed E-state index contributed by atoms with van der Waals surface area (Å²) in [4.78, 5) is 2.46. The highest BCUT2D eigenvalue weighted by Gasteiger charge is 2.27. The third-order valence-corrected chi connectivity index (χ3v) is 3.69. The molecule has 0 unspecified atom stereocenters. The minimum absolute atomic E-state index is 0.438. The topological polar surface area (TPSA) is 62.3 Å². The number of nitrogen functional groups attached to an aromatic ring is 1. The number of nitrogens with two attached hydrogens (primary N) is 1. The van der Waals surface area contributed by atoms with Crippen molar-refractivity contribution < 1.29 is 4.74 Å². The van der Waals surface area contributed by atoms with Crippen LogP contribution >= 0.6 is 0 Å². The fourth-order valence-electron chi connectivity index (χ4n) is 2.69. The van der Waals surface area contributed by atoms with Gasteiger partial charge in [-0.3, -0.25) is 4.90 Å². The Kier molecular flexibility index (Phi) is 4.28. The van der Waals surface area contributed by atoms with E-state index < -0.39 is 0 Å². The summed E-state index contributed by atoms with van der Waals surface area (Å²) in [5.74, 6) is 0.595. The lowest BCUT2D eigenvalue weighted by Gasteiger charge is -2.28. The second-order valence-corrected chi connectivity index (χ2v) is 5.27. The second-order valence-electron chi connectivity index (χ2n) is 5.27. The van der Waals surface area contributed by atoms with E-state index in [0.29, 0.717) is 35.7 Å². The number of likely N-dealkylation sites (tertiary alicyclic amines) is 1. The van der Waals surface area contributed by atoms with Gasteiger partial charge in [-0.05, 0) is 45.4 Å². The molecule has 1 fully saturated rings. The van der Waals surface area contributed by atoms with Gasteiger partial charge >= 0.3 is 0 Å². The molecular weight excluding hydrogens is 238 g/mol. The highest BCUT2D eigenvalue weighted by atomic mass is 16.5. The van der Waals surface area contributed by atoms with Crippen molar-refractivity contribution in [1.29, 1.82) is 5.26 Å². The van der Waals surface area contributed by atoms with E-state index in [1.807, 2.05) is 12.1 Å². The van der Waals surface area contributed by atoms with Gasteiger partial charge in [0.05, 0.1) is 5.69 Å². The van der Waals surface area contributed by atoms with Crippen LogP contribution in [0, 0.1) is 11.3 Å². The molecule has 1 heterocycles. The first-order valence-corrected chi connectivity index (χ1v) is 6.80. The van der Waals surface area contributed by atoms with E-state index >= 15 is 0 Å². The lowest BCUT2D eigenvalue weighted by Crippen LogP contribution is -2.39. The molecule has 19 heavy (non-hydrogen) atoms. The van der Waals surface area contributed by atoms with Gasteiger partial charge in [0.25, 0.3) is 0 Å². The molecule has 1 aliphatic rings. The molecule has 4 heteroatoms. The van der Waals surface area contributed by atoms with Crippen molar-refractivity contribution in [2.24, 2.45) is 0 Å². The van der Waals surface area contributed by atoms with E-state index in [4.69, 9.17) is 15.7 Å². The standard InChI is InChI=1S/C15H21N3O/c1-11(2)18-8-4-5-12(18)10-19-15-7-3-6-14(17)13(15)9-16/h3,6-7,11-12H,4-5,8,10,17H2,1-2H3/t12-/m1/s1. The molecule has 0 amide bonds. The maximum absolute atomic E-state index is 9.11. The first-order chi connectivity index (χ1) is 9.13. The molecule has 102 valence electrons. The normalized spacial score (nSPS) is 19.6. The van der Waals surface area contributed by atoms with Gasteiger partial charge < -0.3 is 10.5 Å². The second kappa shape index (κ2) is 5.94. The third-order valence-electron chi connectivity index (χ3n) is 3.69. The molecule has 1 saturated heterocycles. The van der Waals surface area contributed by atoms with Gasteiger partial charge in [-0.15, -0.1) is 0 Å². The summed E-state index contributed by atoms with van der Waals surface area (Å²) in [7, 11) is 0.